The van der Waals surface area contributed by atoms with Crippen LogP contribution in [0.5, 0.6) is 0 Å². The first-order valence-electron chi connectivity index (χ1n) is 9.49. The number of aryl methyl sites for hydroxylation is 1. The van der Waals surface area contributed by atoms with Gasteiger partial charge in [-0.25, -0.2) is 13.2 Å². The van der Waals surface area contributed by atoms with Crippen molar-refractivity contribution < 1.29 is 22.7 Å². The van der Waals surface area contributed by atoms with Gasteiger partial charge < -0.3 is 10.1 Å². The molecule has 29 heavy (non-hydrogen) atoms. The second-order valence-electron chi connectivity index (χ2n) is 6.10. The Balaban J connectivity index is 2.33. The van der Waals surface area contributed by atoms with E-state index in [1.807, 2.05) is 6.92 Å². The lowest BCUT2D eigenvalue weighted by atomic mass is 10.2. The summed E-state index contributed by atoms with van der Waals surface area (Å²) in [6.07, 6.45) is 0.713. The maximum Gasteiger partial charge on any atom is 0.341 e. The zero-order valence-electron chi connectivity index (χ0n) is 17.0. The molecule has 0 spiro atoms. The first-order valence-corrected chi connectivity index (χ1v) is 11.7. The van der Waals surface area contributed by atoms with Gasteiger partial charge in [0.05, 0.1) is 17.1 Å². The Hall–Kier alpha value is -2.23. The number of carbonyl (C=O) groups excluding carboxylic acids is 2. The van der Waals surface area contributed by atoms with E-state index in [-0.39, 0.29) is 17.1 Å². The fourth-order valence-corrected chi connectivity index (χ4v) is 5.24. The molecular weight excluding hydrogens is 412 g/mol. The zero-order chi connectivity index (χ0) is 21.6. The van der Waals surface area contributed by atoms with Gasteiger partial charge in [0.2, 0.25) is 10.0 Å². The predicted octanol–water partition coefficient (Wildman–Crippen LogP) is 3.77. The van der Waals surface area contributed by atoms with E-state index in [2.05, 4.69) is 5.32 Å². The number of sulfonamides is 1. The van der Waals surface area contributed by atoms with E-state index >= 15 is 0 Å². The minimum Gasteiger partial charge on any atom is -0.462 e. The van der Waals surface area contributed by atoms with Crippen LogP contribution in [-0.2, 0) is 21.2 Å². The number of hydrogen-bond acceptors (Lipinski definition) is 6. The van der Waals surface area contributed by atoms with Crippen molar-refractivity contribution in [3.63, 3.8) is 0 Å². The molecule has 158 valence electrons. The van der Waals surface area contributed by atoms with E-state index in [4.69, 9.17) is 4.74 Å². The van der Waals surface area contributed by atoms with Gasteiger partial charge in [0, 0.05) is 23.5 Å². The lowest BCUT2D eigenvalue weighted by Gasteiger charge is -2.18. The molecular formula is C20H26N2O5S2. The Morgan fingerprint density at radius 2 is 1.79 bits per heavy atom. The summed E-state index contributed by atoms with van der Waals surface area (Å²) in [6.45, 7) is 8.10. The number of rotatable bonds is 9. The summed E-state index contributed by atoms with van der Waals surface area (Å²) < 4.78 is 31.8. The molecule has 7 nitrogen and oxygen atoms in total. The zero-order valence-corrected chi connectivity index (χ0v) is 18.7. The molecule has 0 bridgehead atoms. The molecule has 0 fully saturated rings. The van der Waals surface area contributed by atoms with Crippen LogP contribution in [-0.4, -0.2) is 44.3 Å². The van der Waals surface area contributed by atoms with Gasteiger partial charge in [-0.2, -0.15) is 4.31 Å². The van der Waals surface area contributed by atoms with Crippen molar-refractivity contribution in [2.45, 2.75) is 39.0 Å². The van der Waals surface area contributed by atoms with Crippen LogP contribution < -0.4 is 5.32 Å². The molecule has 1 N–H and O–H groups in total. The number of hydrogen-bond donors (Lipinski definition) is 1. The third kappa shape index (κ3) is 5.23. The third-order valence-electron chi connectivity index (χ3n) is 4.29. The van der Waals surface area contributed by atoms with E-state index in [1.54, 1.807) is 26.8 Å². The van der Waals surface area contributed by atoms with Gasteiger partial charge in [-0.05, 0) is 37.6 Å². The van der Waals surface area contributed by atoms with Crippen molar-refractivity contribution in [1.82, 2.24) is 4.31 Å². The van der Waals surface area contributed by atoms with E-state index in [0.717, 1.165) is 4.88 Å². The highest BCUT2D eigenvalue weighted by atomic mass is 32.2. The number of nitrogens with one attached hydrogen (secondary N) is 1. The molecule has 1 heterocycles. The molecule has 1 aromatic heterocycles. The number of nitrogens with zero attached hydrogens (tertiary/aromatic N) is 1. The molecule has 0 atom stereocenters. The molecule has 9 heteroatoms. The Morgan fingerprint density at radius 3 is 2.38 bits per heavy atom. The minimum atomic E-state index is -3.68. The summed E-state index contributed by atoms with van der Waals surface area (Å²) in [5.41, 5.74) is 0.494. The summed E-state index contributed by atoms with van der Waals surface area (Å²) in [5, 5.41) is 3.12. The van der Waals surface area contributed by atoms with Gasteiger partial charge in [0.25, 0.3) is 5.91 Å². The molecule has 0 aliphatic carbocycles. The topological polar surface area (TPSA) is 92.8 Å². The highest BCUT2D eigenvalue weighted by Crippen LogP contribution is 2.30. The molecule has 2 aromatic rings. The quantitative estimate of drug-likeness (QED) is 0.602. The minimum absolute atomic E-state index is 0.0555. The third-order valence-corrected chi connectivity index (χ3v) is 7.53. The number of carbonyl (C=O) groups is 2. The fraction of sp³-hybridized carbons (Fsp3) is 0.400. The Bertz CT molecular complexity index is 979. The molecule has 0 saturated carbocycles. The molecule has 0 aliphatic heterocycles. The first-order chi connectivity index (χ1) is 13.8. The average Bonchev–Trinajstić information content (AvgIpc) is 3.12. The van der Waals surface area contributed by atoms with Crippen LogP contribution in [0, 0.1) is 0 Å². The van der Waals surface area contributed by atoms with Crippen LogP contribution in [0.4, 0.5) is 5.00 Å². The number of thiophene rings is 1. The van der Waals surface area contributed by atoms with Crippen molar-refractivity contribution >= 4 is 38.2 Å². The summed E-state index contributed by atoms with van der Waals surface area (Å²) in [7, 11) is -3.68. The maximum atomic E-state index is 12.8. The van der Waals surface area contributed by atoms with Gasteiger partial charge >= 0.3 is 5.97 Å². The fourth-order valence-electron chi connectivity index (χ4n) is 2.76. The predicted molar refractivity (Wildman–Crippen MR) is 114 cm³/mol. The highest BCUT2D eigenvalue weighted by molar-refractivity contribution is 7.89. The summed E-state index contributed by atoms with van der Waals surface area (Å²) in [4.78, 5) is 25.9. The van der Waals surface area contributed by atoms with Crippen LogP contribution in [0.1, 0.15) is 53.3 Å². The molecule has 0 radical (unpaired) electrons. The van der Waals surface area contributed by atoms with Gasteiger partial charge in [0.15, 0.2) is 0 Å². The van der Waals surface area contributed by atoms with Crippen molar-refractivity contribution in [2.75, 3.05) is 25.0 Å². The van der Waals surface area contributed by atoms with Crippen LogP contribution >= 0.6 is 11.3 Å². The smallest absolute Gasteiger partial charge is 0.341 e. The van der Waals surface area contributed by atoms with E-state index in [9.17, 15) is 18.0 Å². The molecule has 1 amide bonds. The van der Waals surface area contributed by atoms with Crippen LogP contribution in [0.3, 0.4) is 0 Å². The number of esters is 1. The standard InChI is InChI=1S/C20H26N2O5S2/c1-5-15-13-17(20(24)27-8-4)19(28-15)21-18(23)14-10-9-11-16(12-14)29(25,26)22(6-2)7-3/h9-13H,5-8H2,1-4H3,(H,21,23). The second kappa shape index (κ2) is 10.00. The lowest BCUT2D eigenvalue weighted by Crippen LogP contribution is -2.30. The van der Waals surface area contributed by atoms with Crippen molar-refractivity contribution in [3.05, 3.63) is 46.3 Å². The molecule has 0 saturated heterocycles. The lowest BCUT2D eigenvalue weighted by molar-refractivity contribution is 0.0528. The van der Waals surface area contributed by atoms with Gasteiger partial charge in [0.1, 0.15) is 5.00 Å². The number of benzene rings is 1. The van der Waals surface area contributed by atoms with Crippen LogP contribution in [0.2, 0.25) is 0 Å². The van der Waals surface area contributed by atoms with Crippen molar-refractivity contribution in [2.24, 2.45) is 0 Å². The van der Waals surface area contributed by atoms with E-state index in [1.165, 1.54) is 39.9 Å². The average molecular weight is 439 g/mol. The van der Waals surface area contributed by atoms with Crippen molar-refractivity contribution in [1.29, 1.82) is 0 Å². The van der Waals surface area contributed by atoms with Gasteiger partial charge in [-0.15, -0.1) is 11.3 Å². The maximum absolute atomic E-state index is 12.8. The second-order valence-corrected chi connectivity index (χ2v) is 9.18. The van der Waals surface area contributed by atoms with Crippen molar-refractivity contribution in [3.8, 4) is 0 Å². The number of ether oxygens (including phenoxy) is 1. The first kappa shape index (κ1) is 23.1. The molecule has 1 aromatic carbocycles. The number of amides is 1. The van der Waals surface area contributed by atoms with Gasteiger partial charge in [-0.3, -0.25) is 4.79 Å². The molecule has 2 rings (SSSR count). The van der Waals surface area contributed by atoms with E-state index in [0.29, 0.717) is 30.1 Å². The van der Waals surface area contributed by atoms with Crippen LogP contribution in [0.25, 0.3) is 0 Å². The monoisotopic (exact) mass is 438 g/mol. The Labute approximate surface area is 175 Å². The highest BCUT2D eigenvalue weighted by Gasteiger charge is 2.23. The largest absolute Gasteiger partial charge is 0.462 e. The Morgan fingerprint density at radius 1 is 1.10 bits per heavy atom. The summed E-state index contributed by atoms with van der Waals surface area (Å²) >= 11 is 1.30. The van der Waals surface area contributed by atoms with E-state index < -0.39 is 21.9 Å². The summed E-state index contributed by atoms with van der Waals surface area (Å²) in [6, 6.07) is 7.59. The number of anilines is 1. The van der Waals surface area contributed by atoms with Crippen LogP contribution in [0.15, 0.2) is 35.2 Å². The summed E-state index contributed by atoms with van der Waals surface area (Å²) in [5.74, 6) is -0.992. The Kier molecular flexibility index (Phi) is 7.95. The molecule has 0 aliphatic rings. The normalized spacial score (nSPS) is 11.5. The SMILES string of the molecule is CCOC(=O)c1cc(CC)sc1NC(=O)c1cccc(S(=O)(=O)N(CC)CC)c1. The molecule has 0 unspecified atom stereocenters. The van der Waals surface area contributed by atoms with Gasteiger partial charge in [-0.1, -0.05) is 26.8 Å².